The van der Waals surface area contributed by atoms with Gasteiger partial charge in [-0.2, -0.15) is 0 Å². The molecular weight excluding hydrogens is 312 g/mol. The zero-order chi connectivity index (χ0) is 15.9. The predicted octanol–water partition coefficient (Wildman–Crippen LogP) is 2.05. The van der Waals surface area contributed by atoms with Gasteiger partial charge in [-0.3, -0.25) is 0 Å². The molecule has 3 fully saturated rings. The van der Waals surface area contributed by atoms with Gasteiger partial charge in [-0.15, -0.1) is 0 Å². The van der Waals surface area contributed by atoms with Gasteiger partial charge in [0, 0.05) is 18.8 Å². The summed E-state index contributed by atoms with van der Waals surface area (Å²) in [4.78, 5) is 11.8. The van der Waals surface area contributed by atoms with Crippen LogP contribution in [0.4, 0.5) is 0 Å². The molecule has 0 N–H and O–H groups in total. The molecule has 0 amide bonds. The molecule has 24 heavy (non-hydrogen) atoms. The molecule has 4 heterocycles. The Balaban J connectivity index is 1.53. The van der Waals surface area contributed by atoms with Gasteiger partial charge in [-0.25, -0.2) is 0 Å². The molecule has 6 nitrogen and oxygen atoms in total. The third-order valence-electron chi connectivity index (χ3n) is 6.40. The molecule has 4 aliphatic heterocycles. The summed E-state index contributed by atoms with van der Waals surface area (Å²) < 4.78 is 29.5. The first-order valence-electron chi connectivity index (χ1n) is 8.60. The molecule has 1 aromatic rings. The molecule has 0 aromatic heterocycles. The van der Waals surface area contributed by atoms with Crippen molar-refractivity contribution in [2.45, 2.75) is 36.8 Å². The first-order valence-corrected chi connectivity index (χ1v) is 8.60. The Morgan fingerprint density at radius 2 is 1.92 bits per heavy atom. The van der Waals surface area contributed by atoms with Crippen LogP contribution in [0.3, 0.4) is 0 Å². The summed E-state index contributed by atoms with van der Waals surface area (Å²) in [7, 11) is 0. The van der Waals surface area contributed by atoms with E-state index < -0.39 is 11.4 Å². The van der Waals surface area contributed by atoms with E-state index in [-0.39, 0.29) is 24.7 Å². The second-order valence-electron chi connectivity index (χ2n) is 7.36. The van der Waals surface area contributed by atoms with Gasteiger partial charge in [0.15, 0.2) is 17.3 Å². The fourth-order valence-corrected chi connectivity index (χ4v) is 5.48. The van der Waals surface area contributed by atoms with E-state index in [4.69, 9.17) is 23.7 Å². The van der Waals surface area contributed by atoms with Gasteiger partial charge in [0.2, 0.25) is 6.79 Å². The van der Waals surface area contributed by atoms with E-state index in [0.717, 1.165) is 41.8 Å². The Morgan fingerprint density at radius 1 is 1.12 bits per heavy atom. The van der Waals surface area contributed by atoms with Crippen molar-refractivity contribution >= 4 is 6.29 Å². The third-order valence-corrected chi connectivity index (χ3v) is 6.40. The largest absolute Gasteiger partial charge is 0.454 e. The molecule has 1 saturated carbocycles. The van der Waals surface area contributed by atoms with E-state index >= 15 is 0 Å². The second kappa shape index (κ2) is 4.31. The molecule has 126 valence electrons. The van der Waals surface area contributed by atoms with E-state index in [9.17, 15) is 4.79 Å². The zero-order valence-corrected chi connectivity index (χ0v) is 13.2. The summed E-state index contributed by atoms with van der Waals surface area (Å²) in [5.41, 5.74) is 1.66. The lowest BCUT2D eigenvalue weighted by Gasteiger charge is -2.46. The molecule has 2 saturated heterocycles. The van der Waals surface area contributed by atoms with Gasteiger partial charge in [0.05, 0.1) is 25.2 Å². The maximum atomic E-state index is 11.8. The highest BCUT2D eigenvalue weighted by molar-refractivity contribution is 5.64. The molecular formula is C18H18O6. The molecule has 0 unspecified atom stereocenters. The highest BCUT2D eigenvalue weighted by Gasteiger charge is 2.67. The third kappa shape index (κ3) is 1.46. The van der Waals surface area contributed by atoms with Crippen LogP contribution in [-0.4, -0.2) is 32.1 Å². The van der Waals surface area contributed by atoms with Gasteiger partial charge in [-0.1, -0.05) is 0 Å². The first-order chi connectivity index (χ1) is 11.7. The van der Waals surface area contributed by atoms with E-state index in [1.165, 1.54) is 0 Å². The highest BCUT2D eigenvalue weighted by Crippen LogP contribution is 2.68. The molecule has 6 heteroatoms. The van der Waals surface area contributed by atoms with Crippen LogP contribution < -0.4 is 9.47 Å². The average Bonchev–Trinajstić information content (AvgIpc) is 3.33. The Morgan fingerprint density at radius 3 is 2.71 bits per heavy atom. The van der Waals surface area contributed by atoms with Crippen LogP contribution in [0, 0.1) is 11.8 Å². The lowest BCUT2D eigenvalue weighted by atomic mass is 9.61. The number of benzene rings is 1. The number of rotatable bonds is 1. The Labute approximate surface area is 139 Å². The molecule has 6 rings (SSSR count). The fraction of sp³-hybridized carbons (Fsp3) is 0.611. The standard InChI is InChI=1S/C18H18O6/c19-7-11-12-1-2-17(22-3-4-23-17)8-18(12)13-6-15-14(20-9-21-15)5-10(13)16(11)24-18/h5-7,11-12,16H,1-4,8-9H2/t11-,12-,16-,18-/m0/s1. The molecule has 1 aromatic carbocycles. The molecule has 5 aliphatic rings. The lowest BCUT2D eigenvalue weighted by Crippen LogP contribution is -2.49. The van der Waals surface area contributed by atoms with Crippen LogP contribution in [0.5, 0.6) is 11.5 Å². The number of fused-ring (bicyclic) bond motifs is 4. The smallest absolute Gasteiger partial charge is 0.231 e. The van der Waals surface area contributed by atoms with Crippen LogP contribution in [0.15, 0.2) is 12.1 Å². The van der Waals surface area contributed by atoms with Crippen LogP contribution in [0.2, 0.25) is 0 Å². The highest BCUT2D eigenvalue weighted by atomic mass is 16.7. The normalized spacial score (nSPS) is 39.9. The van der Waals surface area contributed by atoms with Crippen molar-refractivity contribution in [2.24, 2.45) is 11.8 Å². The maximum Gasteiger partial charge on any atom is 0.231 e. The van der Waals surface area contributed by atoms with Crippen molar-refractivity contribution in [3.63, 3.8) is 0 Å². The van der Waals surface area contributed by atoms with Gasteiger partial charge >= 0.3 is 0 Å². The monoisotopic (exact) mass is 330 g/mol. The molecule has 4 atom stereocenters. The Kier molecular flexibility index (Phi) is 2.45. The molecule has 0 radical (unpaired) electrons. The number of carbonyl (C=O) groups is 1. The van der Waals surface area contributed by atoms with Crippen molar-refractivity contribution in [3.8, 4) is 11.5 Å². The second-order valence-corrected chi connectivity index (χ2v) is 7.36. The minimum atomic E-state index is -0.573. The zero-order valence-electron chi connectivity index (χ0n) is 13.2. The number of hydrogen-bond acceptors (Lipinski definition) is 6. The maximum absolute atomic E-state index is 11.8. The Bertz CT molecular complexity index is 739. The summed E-state index contributed by atoms with van der Waals surface area (Å²) in [5, 5.41) is 0. The quantitative estimate of drug-likeness (QED) is 0.735. The van der Waals surface area contributed by atoms with E-state index in [2.05, 4.69) is 0 Å². The topological polar surface area (TPSA) is 63.2 Å². The van der Waals surface area contributed by atoms with Crippen molar-refractivity contribution < 1.29 is 28.5 Å². The predicted molar refractivity (Wildman–Crippen MR) is 79.6 cm³/mol. The summed E-state index contributed by atoms with van der Waals surface area (Å²) in [6, 6.07) is 4.03. The van der Waals surface area contributed by atoms with Crippen molar-refractivity contribution in [2.75, 3.05) is 20.0 Å². The van der Waals surface area contributed by atoms with E-state index in [1.807, 2.05) is 12.1 Å². The number of carbonyl (C=O) groups excluding carboxylic acids is 1. The molecule has 2 bridgehead atoms. The summed E-state index contributed by atoms with van der Waals surface area (Å²) in [6.07, 6.45) is 3.19. The van der Waals surface area contributed by atoms with Crippen LogP contribution in [-0.2, 0) is 24.6 Å². The average molecular weight is 330 g/mol. The van der Waals surface area contributed by atoms with Gasteiger partial charge in [-0.05, 0) is 29.7 Å². The SMILES string of the molecule is O=C[C@@H]1[C@H]2O[C@]3(CC4(CC[C@@H]13)OCCO4)c1cc3c(cc12)OCO3. The van der Waals surface area contributed by atoms with E-state index in [0.29, 0.717) is 19.6 Å². The summed E-state index contributed by atoms with van der Waals surface area (Å²) in [5.74, 6) is 0.981. The number of ether oxygens (including phenoxy) is 5. The van der Waals surface area contributed by atoms with Crippen molar-refractivity contribution in [1.29, 1.82) is 0 Å². The van der Waals surface area contributed by atoms with Gasteiger partial charge < -0.3 is 28.5 Å². The van der Waals surface area contributed by atoms with Gasteiger partial charge in [0.25, 0.3) is 0 Å². The number of hydrogen-bond donors (Lipinski definition) is 0. The minimum Gasteiger partial charge on any atom is -0.454 e. The van der Waals surface area contributed by atoms with Crippen LogP contribution in [0.25, 0.3) is 0 Å². The minimum absolute atomic E-state index is 0.114. The van der Waals surface area contributed by atoms with Crippen molar-refractivity contribution in [1.82, 2.24) is 0 Å². The van der Waals surface area contributed by atoms with Crippen LogP contribution >= 0.6 is 0 Å². The van der Waals surface area contributed by atoms with Gasteiger partial charge in [0.1, 0.15) is 11.9 Å². The summed E-state index contributed by atoms with van der Waals surface area (Å²) in [6.45, 7) is 1.48. The number of aldehydes is 1. The Hall–Kier alpha value is -1.63. The van der Waals surface area contributed by atoms with Crippen LogP contribution in [0.1, 0.15) is 36.5 Å². The molecule has 1 aliphatic carbocycles. The summed E-state index contributed by atoms with van der Waals surface area (Å²) >= 11 is 0. The fourth-order valence-electron chi connectivity index (χ4n) is 5.48. The lowest BCUT2D eigenvalue weighted by molar-refractivity contribution is -0.231. The first kappa shape index (κ1) is 13.6. The van der Waals surface area contributed by atoms with Crippen molar-refractivity contribution in [3.05, 3.63) is 23.3 Å². The molecule has 2 spiro atoms. The van der Waals surface area contributed by atoms with E-state index in [1.54, 1.807) is 0 Å².